The highest BCUT2D eigenvalue weighted by molar-refractivity contribution is 5.97. The molecule has 2 aliphatic rings. The summed E-state index contributed by atoms with van der Waals surface area (Å²) in [7, 11) is 3.22. The second-order valence-electron chi connectivity index (χ2n) is 9.09. The van der Waals surface area contributed by atoms with Gasteiger partial charge in [0.05, 0.1) is 20.8 Å². The van der Waals surface area contributed by atoms with Crippen LogP contribution in [0.5, 0.6) is 11.5 Å². The largest absolute Gasteiger partial charge is 0.497 e. The van der Waals surface area contributed by atoms with E-state index in [0.29, 0.717) is 18.0 Å². The monoisotopic (exact) mass is 450 g/mol. The summed E-state index contributed by atoms with van der Waals surface area (Å²) < 4.78 is 10.9. The van der Waals surface area contributed by atoms with E-state index in [2.05, 4.69) is 31.3 Å². The van der Waals surface area contributed by atoms with Gasteiger partial charge in [-0.25, -0.2) is 0 Å². The highest BCUT2D eigenvalue weighted by atomic mass is 16.5. The Hall–Kier alpha value is -3.02. The molecule has 0 bridgehead atoms. The number of hydrogen-bond acceptors (Lipinski definition) is 4. The summed E-state index contributed by atoms with van der Waals surface area (Å²) in [6.07, 6.45) is 3.28. The van der Waals surface area contributed by atoms with E-state index in [4.69, 9.17) is 9.47 Å². The first kappa shape index (κ1) is 23.1. The van der Waals surface area contributed by atoms with Crippen LogP contribution in [0.3, 0.4) is 0 Å². The van der Waals surface area contributed by atoms with Gasteiger partial charge >= 0.3 is 0 Å². The Morgan fingerprint density at radius 2 is 1.67 bits per heavy atom. The first-order chi connectivity index (χ1) is 16.0. The zero-order valence-electron chi connectivity index (χ0n) is 20.0. The predicted octanol–water partition coefficient (Wildman–Crippen LogP) is 3.75. The molecule has 1 N–H and O–H groups in total. The molecule has 2 aromatic carbocycles. The molecule has 176 valence electrons. The van der Waals surface area contributed by atoms with Gasteiger partial charge in [0.15, 0.2) is 0 Å². The van der Waals surface area contributed by atoms with E-state index < -0.39 is 12.1 Å². The lowest BCUT2D eigenvalue weighted by Gasteiger charge is -2.43. The number of methoxy groups -OCH3 is 2. The lowest BCUT2D eigenvalue weighted by molar-refractivity contribution is -0.154. The van der Waals surface area contributed by atoms with Crippen LogP contribution in [0.1, 0.15) is 43.4 Å². The maximum absolute atomic E-state index is 13.9. The molecule has 1 heterocycles. The van der Waals surface area contributed by atoms with E-state index in [0.717, 1.165) is 31.2 Å². The summed E-state index contributed by atoms with van der Waals surface area (Å²) in [5.74, 6) is 1.47. The van der Waals surface area contributed by atoms with E-state index in [-0.39, 0.29) is 23.7 Å². The maximum atomic E-state index is 13.9. The van der Waals surface area contributed by atoms with Crippen molar-refractivity contribution < 1.29 is 19.1 Å². The van der Waals surface area contributed by atoms with Crippen molar-refractivity contribution in [2.75, 3.05) is 14.2 Å². The van der Waals surface area contributed by atoms with E-state index in [1.165, 1.54) is 11.1 Å². The maximum Gasteiger partial charge on any atom is 0.246 e. The molecule has 1 aliphatic carbocycles. The number of nitrogens with one attached hydrogen (secondary N) is 1. The van der Waals surface area contributed by atoms with Gasteiger partial charge < -0.3 is 19.7 Å². The summed E-state index contributed by atoms with van der Waals surface area (Å²) in [6.45, 7) is 4.49. The van der Waals surface area contributed by atoms with Crippen LogP contribution < -0.4 is 14.8 Å². The third-order valence-electron chi connectivity index (χ3n) is 7.34. The van der Waals surface area contributed by atoms with Crippen molar-refractivity contribution in [3.8, 4) is 11.5 Å². The molecule has 1 saturated heterocycles. The van der Waals surface area contributed by atoms with Gasteiger partial charge in [-0.05, 0) is 47.9 Å². The predicted molar refractivity (Wildman–Crippen MR) is 127 cm³/mol. The molecule has 6 nitrogen and oxygen atoms in total. The fourth-order valence-corrected chi connectivity index (χ4v) is 5.45. The Balaban J connectivity index is 1.66. The fourth-order valence-electron chi connectivity index (χ4n) is 5.45. The Morgan fingerprint density at radius 1 is 1.00 bits per heavy atom. The average Bonchev–Trinajstić information content (AvgIpc) is 3.27. The standard InChI is InChI=1S/C27H34N2O4/c1-5-17(6-2)25-26(30)28-24(21-13-18-9-7-8-10-19(18)14-21)27(31)29(25)16-20-11-12-22(32-3)15-23(20)33-4/h7-12,15,17,21,24-25H,5-6,13-14,16H2,1-4H3,(H,28,30)/t24-,25-/m1/s1. The van der Waals surface area contributed by atoms with E-state index in [1.54, 1.807) is 19.1 Å². The molecule has 0 radical (unpaired) electrons. The lowest BCUT2D eigenvalue weighted by Crippen LogP contribution is -2.66. The number of fused-ring (bicyclic) bond motifs is 1. The van der Waals surface area contributed by atoms with Crippen LogP contribution in [0.15, 0.2) is 42.5 Å². The SMILES string of the molecule is CCC(CC)[C@@H]1C(=O)N[C@H](C2Cc3ccccc3C2)C(=O)N1Cc1ccc(OC)cc1OC. The topological polar surface area (TPSA) is 67.9 Å². The number of rotatable bonds is 8. The number of ether oxygens (including phenoxy) is 2. The van der Waals surface area contributed by atoms with Gasteiger partial charge in [-0.3, -0.25) is 9.59 Å². The van der Waals surface area contributed by atoms with Crippen LogP contribution in [0.2, 0.25) is 0 Å². The average molecular weight is 451 g/mol. The zero-order chi connectivity index (χ0) is 23.5. The molecule has 2 atom stereocenters. The van der Waals surface area contributed by atoms with Gasteiger partial charge in [-0.2, -0.15) is 0 Å². The summed E-state index contributed by atoms with van der Waals surface area (Å²) in [6, 6.07) is 12.9. The van der Waals surface area contributed by atoms with E-state index in [9.17, 15) is 9.59 Å². The second kappa shape index (κ2) is 9.86. The van der Waals surface area contributed by atoms with Gasteiger partial charge in [0, 0.05) is 11.6 Å². The quantitative estimate of drug-likeness (QED) is 0.665. The Bertz CT molecular complexity index is 992. The molecule has 4 rings (SSSR count). The normalized spacial score (nSPS) is 20.7. The van der Waals surface area contributed by atoms with Crippen molar-refractivity contribution in [1.82, 2.24) is 10.2 Å². The number of carbonyl (C=O) groups excluding carboxylic acids is 2. The van der Waals surface area contributed by atoms with Gasteiger partial charge in [0.1, 0.15) is 23.6 Å². The third kappa shape index (κ3) is 4.43. The van der Waals surface area contributed by atoms with Gasteiger partial charge in [0.25, 0.3) is 0 Å². The van der Waals surface area contributed by atoms with Crippen LogP contribution in [-0.4, -0.2) is 43.0 Å². The summed E-state index contributed by atoms with van der Waals surface area (Å²) in [5, 5.41) is 3.12. The molecule has 0 aromatic heterocycles. The molecular weight excluding hydrogens is 416 g/mol. The Labute approximate surface area is 196 Å². The van der Waals surface area contributed by atoms with Gasteiger partial charge in [-0.1, -0.05) is 51.0 Å². The van der Waals surface area contributed by atoms with Crippen molar-refractivity contribution in [1.29, 1.82) is 0 Å². The molecule has 1 fully saturated rings. The van der Waals surface area contributed by atoms with Crippen molar-refractivity contribution in [3.63, 3.8) is 0 Å². The lowest BCUT2D eigenvalue weighted by atomic mass is 9.86. The summed E-state index contributed by atoms with van der Waals surface area (Å²) >= 11 is 0. The molecule has 33 heavy (non-hydrogen) atoms. The minimum absolute atomic E-state index is 0.00202. The highest BCUT2D eigenvalue weighted by Crippen LogP contribution is 2.34. The molecule has 1 aliphatic heterocycles. The second-order valence-corrected chi connectivity index (χ2v) is 9.09. The Morgan fingerprint density at radius 3 is 2.24 bits per heavy atom. The molecule has 0 unspecified atom stereocenters. The van der Waals surface area contributed by atoms with Crippen molar-refractivity contribution in [2.24, 2.45) is 11.8 Å². The number of hydrogen-bond donors (Lipinski definition) is 1. The first-order valence-electron chi connectivity index (χ1n) is 11.9. The zero-order valence-corrected chi connectivity index (χ0v) is 20.0. The van der Waals surface area contributed by atoms with E-state index >= 15 is 0 Å². The molecular formula is C27H34N2O4. The summed E-state index contributed by atoms with van der Waals surface area (Å²) in [5.41, 5.74) is 3.41. The van der Waals surface area contributed by atoms with Crippen molar-refractivity contribution in [2.45, 2.75) is 58.2 Å². The first-order valence-corrected chi connectivity index (χ1v) is 11.9. The van der Waals surface area contributed by atoms with Gasteiger partial charge in [-0.15, -0.1) is 0 Å². The van der Waals surface area contributed by atoms with Crippen LogP contribution in [-0.2, 0) is 29.0 Å². The fraction of sp³-hybridized carbons (Fsp3) is 0.481. The number of nitrogens with zero attached hydrogens (tertiary/aromatic N) is 1. The molecule has 2 aromatic rings. The molecule has 0 saturated carbocycles. The van der Waals surface area contributed by atoms with Crippen molar-refractivity contribution in [3.05, 3.63) is 59.2 Å². The van der Waals surface area contributed by atoms with Crippen LogP contribution >= 0.6 is 0 Å². The Kier molecular flexibility index (Phi) is 6.91. The van der Waals surface area contributed by atoms with Gasteiger partial charge in [0.2, 0.25) is 11.8 Å². The molecule has 2 amide bonds. The van der Waals surface area contributed by atoms with Crippen LogP contribution in [0.4, 0.5) is 0 Å². The molecule has 6 heteroatoms. The van der Waals surface area contributed by atoms with E-state index in [1.807, 2.05) is 30.3 Å². The number of piperazine rings is 1. The smallest absolute Gasteiger partial charge is 0.246 e. The minimum atomic E-state index is -0.514. The van der Waals surface area contributed by atoms with Crippen LogP contribution in [0.25, 0.3) is 0 Å². The minimum Gasteiger partial charge on any atom is -0.497 e. The van der Waals surface area contributed by atoms with Crippen molar-refractivity contribution >= 4 is 11.8 Å². The highest BCUT2D eigenvalue weighted by Gasteiger charge is 2.47. The van der Waals surface area contributed by atoms with Crippen LogP contribution in [0, 0.1) is 11.8 Å². The molecule has 0 spiro atoms. The number of amides is 2. The third-order valence-corrected chi connectivity index (χ3v) is 7.34. The number of carbonyl (C=O) groups is 2. The summed E-state index contributed by atoms with van der Waals surface area (Å²) in [4.78, 5) is 29.2. The number of benzene rings is 2.